The molecule has 12 amide bonds. The average molecular weight is 1510 g/mol. The van der Waals surface area contributed by atoms with Crippen LogP contribution in [0.5, 0.6) is 0 Å². The van der Waals surface area contributed by atoms with Crippen molar-refractivity contribution in [1.82, 2.24) is 63.1 Å². The number of thiol groups is 1. The van der Waals surface area contributed by atoms with Gasteiger partial charge in [0.05, 0.1) is 6.04 Å². The number of likely N-dealkylation sites (tertiary alicyclic amines) is 1. The lowest BCUT2D eigenvalue weighted by atomic mass is 9.99. The van der Waals surface area contributed by atoms with Crippen LogP contribution in [0.2, 0.25) is 0 Å². The Morgan fingerprint density at radius 1 is 0.509 bits per heavy atom. The predicted molar refractivity (Wildman–Crippen MR) is 410 cm³/mol. The number of benzene rings is 3. The zero-order valence-electron chi connectivity index (χ0n) is 62.8. The molecular weight excluding hydrogens is 1400 g/mol. The number of hydrogen-bond acceptors (Lipinski definition) is 16. The van der Waals surface area contributed by atoms with Gasteiger partial charge in [0.15, 0.2) is 0 Å². The highest BCUT2D eigenvalue weighted by atomic mass is 32.2. The van der Waals surface area contributed by atoms with Gasteiger partial charge in [-0.15, -0.1) is 0 Å². The van der Waals surface area contributed by atoms with Gasteiger partial charge in [0, 0.05) is 55.1 Å². The number of nitrogens with two attached hydrogens (primary N) is 2. The number of carboxylic acids is 1. The van der Waals surface area contributed by atoms with Crippen molar-refractivity contribution in [1.29, 1.82) is 0 Å². The SMILES string of the molecule is CSCC[C@H](NC(=O)[C@H](CC(C)C)NC(=O)[C@@H](N)CC(C)C)C(=O)N[C@@H](Cc1c[nH]c2ccccc12)C(=O)N[C@@H](CCC(N)=O)C(=O)N[C@@H](CS)C(=O)N[C@@H](Cc1ccccc1)C(=O)N[C@@H](CC(C)C)C(=O)N1CCC[C@H]1C(=O)N[C@H](C(=O)N[C@@H](Cc1ccccc1)C(=O)N[C@@H](CC(C)C)C(=O)O)C(C)C. The summed E-state index contributed by atoms with van der Waals surface area (Å²) in [4.78, 5) is 188. The van der Waals surface area contributed by atoms with E-state index in [2.05, 4.69) is 70.8 Å². The van der Waals surface area contributed by atoms with E-state index in [0.717, 1.165) is 5.52 Å². The standard InChI is InChI=1S/C76H112N14O14S2/c1-42(2)33-51(77)65(92)82-55(34-43(3)4)68(95)81-54(30-32-106-11)67(94)84-58(39-49-40-79-52-26-19-18-25-50(49)52)71(98)80-53(28-29-63(78)91)66(93)88-61(41-105)72(99)83-56(37-47-21-14-12-15-22-47)69(96)86-59(35-44(5)6)75(102)90-31-20-27-62(90)73(100)89-64(46(9)10)74(101)85-57(38-48-23-16-13-17-24-48)70(97)87-60(76(103)104)36-45(7)8/h12-19,21-26,40,42-46,51,53-62,64,79,105H,20,27-39,41,77H2,1-11H3,(H2,78,91)(H,80,98)(H,81,95)(H,82,92)(H,83,99)(H,84,94)(H,85,101)(H,86,96)(H,87,97)(H,88,93)(H,89,100)(H,103,104)/t51-,53-,54-,55-,56-,57-,58-,59-,60-,61-,62-,64-/m0/s1. The summed E-state index contributed by atoms with van der Waals surface area (Å²) in [6.07, 6.45) is 3.83. The van der Waals surface area contributed by atoms with Crippen LogP contribution in [0, 0.1) is 29.6 Å². The Kier molecular flexibility index (Phi) is 36.0. The molecular formula is C76H112N14O14S2. The predicted octanol–water partition coefficient (Wildman–Crippen LogP) is 3.24. The fourth-order valence-corrected chi connectivity index (χ4v) is 13.3. The monoisotopic (exact) mass is 1510 g/mol. The number of thioether (sulfide) groups is 1. The fraction of sp³-hybridized carbons (Fsp3) is 0.566. The number of primary amides is 1. The van der Waals surface area contributed by atoms with Crippen molar-refractivity contribution in [2.24, 2.45) is 41.1 Å². The van der Waals surface area contributed by atoms with Crippen LogP contribution >= 0.6 is 24.4 Å². The Morgan fingerprint density at radius 2 is 0.934 bits per heavy atom. The lowest BCUT2D eigenvalue weighted by Crippen LogP contribution is -2.61. The number of nitrogens with zero attached hydrogens (tertiary/aromatic N) is 1. The Labute approximate surface area is 631 Å². The van der Waals surface area contributed by atoms with Gasteiger partial charge in [0.1, 0.15) is 66.5 Å². The van der Waals surface area contributed by atoms with Crippen LogP contribution in [0.1, 0.15) is 144 Å². The first kappa shape index (κ1) is 87.6. The summed E-state index contributed by atoms with van der Waals surface area (Å²) < 4.78 is 0. The van der Waals surface area contributed by atoms with Gasteiger partial charge < -0.3 is 79.6 Å². The number of fused-ring (bicyclic) bond motifs is 1. The van der Waals surface area contributed by atoms with E-state index < -0.39 is 162 Å². The van der Waals surface area contributed by atoms with Crippen molar-refractivity contribution in [3.8, 4) is 0 Å². The number of para-hydroxylation sites is 1. The number of hydrogen-bond donors (Lipinski definition) is 15. The number of carboxylic acid groups (broad SMARTS) is 1. The molecule has 30 heteroatoms. The summed E-state index contributed by atoms with van der Waals surface area (Å²) in [6, 6.07) is 9.42. The van der Waals surface area contributed by atoms with Crippen molar-refractivity contribution in [3.05, 3.63) is 108 Å². The highest BCUT2D eigenvalue weighted by Gasteiger charge is 2.42. The molecule has 1 aromatic heterocycles. The van der Waals surface area contributed by atoms with Gasteiger partial charge in [-0.05, 0) is 116 Å². The number of carbonyl (C=O) groups excluding carboxylic acids is 12. The van der Waals surface area contributed by atoms with Gasteiger partial charge in [-0.3, -0.25) is 57.5 Å². The number of rotatable bonds is 44. The van der Waals surface area contributed by atoms with Gasteiger partial charge in [0.2, 0.25) is 70.9 Å². The molecule has 28 nitrogen and oxygen atoms in total. The van der Waals surface area contributed by atoms with Crippen LogP contribution in [0.4, 0.5) is 0 Å². The van der Waals surface area contributed by atoms with Gasteiger partial charge in [-0.1, -0.05) is 148 Å². The second-order valence-corrected chi connectivity index (χ2v) is 30.7. The third-order valence-corrected chi connectivity index (χ3v) is 19.1. The minimum absolute atomic E-state index is 0.00410. The molecule has 106 heavy (non-hydrogen) atoms. The lowest BCUT2D eigenvalue weighted by Gasteiger charge is -2.32. The molecule has 0 spiro atoms. The van der Waals surface area contributed by atoms with Crippen LogP contribution in [0.25, 0.3) is 10.9 Å². The largest absolute Gasteiger partial charge is 0.480 e. The van der Waals surface area contributed by atoms with E-state index in [4.69, 9.17) is 11.5 Å². The molecule has 582 valence electrons. The highest BCUT2D eigenvalue weighted by molar-refractivity contribution is 7.98. The molecule has 1 aliphatic rings. The normalized spacial score (nSPS) is 16.1. The smallest absolute Gasteiger partial charge is 0.326 e. The van der Waals surface area contributed by atoms with E-state index in [0.29, 0.717) is 40.7 Å². The maximum atomic E-state index is 15.0. The number of aromatic nitrogens is 1. The molecule has 0 saturated carbocycles. The van der Waals surface area contributed by atoms with E-state index in [1.165, 1.54) is 16.7 Å². The molecule has 0 aliphatic carbocycles. The Bertz CT molecular complexity index is 3620. The third kappa shape index (κ3) is 28.4. The first-order chi connectivity index (χ1) is 50.2. The highest BCUT2D eigenvalue weighted by Crippen LogP contribution is 2.24. The molecule has 12 atom stereocenters. The summed E-state index contributed by atoms with van der Waals surface area (Å²) >= 11 is 5.83. The summed E-state index contributed by atoms with van der Waals surface area (Å²) in [6.45, 7) is 18.4. The zero-order chi connectivity index (χ0) is 78.5. The maximum Gasteiger partial charge on any atom is 0.326 e. The molecule has 1 saturated heterocycles. The van der Waals surface area contributed by atoms with E-state index >= 15 is 0 Å². The maximum absolute atomic E-state index is 15.0. The summed E-state index contributed by atoms with van der Waals surface area (Å²) in [5.74, 6) is -11.2. The second kappa shape index (κ2) is 43.6. The number of amides is 12. The first-order valence-electron chi connectivity index (χ1n) is 36.5. The van der Waals surface area contributed by atoms with Crippen LogP contribution in [-0.2, 0) is 81.6 Å². The molecule has 5 rings (SSSR count). The minimum Gasteiger partial charge on any atom is -0.480 e. The lowest BCUT2D eigenvalue weighted by molar-refractivity contribution is -0.143. The number of carbonyl (C=O) groups is 13. The zero-order valence-corrected chi connectivity index (χ0v) is 64.5. The number of aromatic amines is 1. The Hall–Kier alpha value is -9.03. The first-order valence-corrected chi connectivity index (χ1v) is 38.6. The minimum atomic E-state index is -1.59. The van der Waals surface area contributed by atoms with Crippen molar-refractivity contribution in [3.63, 3.8) is 0 Å². The van der Waals surface area contributed by atoms with Crippen LogP contribution in [0.15, 0.2) is 91.1 Å². The number of aliphatic carboxylic acids is 1. The molecule has 0 radical (unpaired) electrons. The molecule has 0 unspecified atom stereocenters. The molecule has 2 heterocycles. The Morgan fingerprint density at radius 3 is 1.44 bits per heavy atom. The molecule has 1 aliphatic heterocycles. The van der Waals surface area contributed by atoms with Crippen LogP contribution < -0.4 is 64.6 Å². The van der Waals surface area contributed by atoms with Crippen molar-refractivity contribution in [2.45, 2.75) is 219 Å². The van der Waals surface area contributed by atoms with E-state index in [1.807, 2.05) is 79.8 Å². The molecule has 3 aromatic carbocycles. The molecule has 4 aromatic rings. The molecule has 1 fully saturated rings. The van der Waals surface area contributed by atoms with Gasteiger partial charge in [0.25, 0.3) is 0 Å². The summed E-state index contributed by atoms with van der Waals surface area (Å²) in [5, 5.41) is 38.1. The van der Waals surface area contributed by atoms with E-state index in [9.17, 15) is 67.4 Å². The van der Waals surface area contributed by atoms with Crippen molar-refractivity contribution in [2.75, 3.05) is 24.3 Å². The number of nitrogens with one attached hydrogen (secondary N) is 11. The topological polar surface area (TPSA) is 434 Å². The molecule has 0 bridgehead atoms. The number of H-pyrrole nitrogens is 1. The molecule has 16 N–H and O–H groups in total. The van der Waals surface area contributed by atoms with Gasteiger partial charge in [-0.2, -0.15) is 24.4 Å². The fourth-order valence-electron chi connectivity index (χ4n) is 12.5. The second-order valence-electron chi connectivity index (χ2n) is 29.3. The van der Waals surface area contributed by atoms with Gasteiger partial charge in [-0.25, -0.2) is 4.79 Å². The summed E-state index contributed by atoms with van der Waals surface area (Å²) in [7, 11) is 0. The summed E-state index contributed by atoms with van der Waals surface area (Å²) in [5.41, 5.74) is 14.4. The van der Waals surface area contributed by atoms with Crippen LogP contribution in [-0.4, -0.2) is 189 Å². The van der Waals surface area contributed by atoms with E-state index in [1.54, 1.807) is 86.8 Å². The van der Waals surface area contributed by atoms with E-state index in [-0.39, 0.29) is 93.8 Å². The van der Waals surface area contributed by atoms with Gasteiger partial charge >= 0.3 is 5.97 Å². The third-order valence-electron chi connectivity index (χ3n) is 18.1. The average Bonchev–Trinajstić information content (AvgIpc) is 1.62. The van der Waals surface area contributed by atoms with Crippen molar-refractivity contribution >= 4 is 112 Å². The van der Waals surface area contributed by atoms with Crippen LogP contribution in [0.3, 0.4) is 0 Å². The quantitative estimate of drug-likeness (QED) is 0.0283. The Balaban J connectivity index is 1.38. The van der Waals surface area contributed by atoms with Crippen molar-refractivity contribution < 1.29 is 67.4 Å².